The molecule has 1 aromatic carbocycles. The highest BCUT2D eigenvalue weighted by atomic mass is 16.6. The van der Waals surface area contributed by atoms with E-state index < -0.39 is 4.92 Å². The van der Waals surface area contributed by atoms with Gasteiger partial charge in [-0.25, -0.2) is 0 Å². The number of amides is 1. The molecule has 1 N–H and O–H groups in total. The normalized spacial score (nSPS) is 19.6. The van der Waals surface area contributed by atoms with E-state index in [1.165, 1.54) is 12.1 Å². The number of carbonyl (C=O) groups excluding carboxylic acids is 1. The smallest absolute Gasteiger partial charge is 0.271 e. The molecule has 0 spiro atoms. The molecule has 1 fully saturated rings. The SMILES string of the molecule is Cc1ccc([N+](=O)[O-])cc1NC(=O)C1CCCN(C)C1. The molecule has 1 aliphatic heterocycles. The highest BCUT2D eigenvalue weighted by Crippen LogP contribution is 2.24. The van der Waals surface area contributed by atoms with E-state index in [2.05, 4.69) is 10.2 Å². The number of anilines is 1. The van der Waals surface area contributed by atoms with Gasteiger partial charge in [-0.15, -0.1) is 0 Å². The van der Waals surface area contributed by atoms with Crippen molar-refractivity contribution in [1.82, 2.24) is 4.90 Å². The summed E-state index contributed by atoms with van der Waals surface area (Å²) in [6.45, 7) is 3.58. The molecule has 1 atom stereocenters. The molecule has 0 aromatic heterocycles. The minimum atomic E-state index is -0.455. The number of nitrogens with one attached hydrogen (secondary N) is 1. The van der Waals surface area contributed by atoms with Gasteiger partial charge in [0.2, 0.25) is 5.91 Å². The van der Waals surface area contributed by atoms with E-state index in [-0.39, 0.29) is 17.5 Å². The standard InChI is InChI=1S/C14H19N3O3/c1-10-5-6-12(17(19)20)8-13(10)15-14(18)11-4-3-7-16(2)9-11/h5-6,8,11H,3-4,7,9H2,1-2H3,(H,15,18). The Kier molecular flexibility index (Phi) is 4.34. The fraction of sp³-hybridized carbons (Fsp3) is 0.500. The molecule has 1 saturated heterocycles. The average Bonchev–Trinajstić information content (AvgIpc) is 2.41. The molecular formula is C14H19N3O3. The Hall–Kier alpha value is -1.95. The molecule has 0 bridgehead atoms. The van der Waals surface area contributed by atoms with Gasteiger partial charge >= 0.3 is 0 Å². The Morgan fingerprint density at radius 2 is 2.25 bits per heavy atom. The zero-order valence-corrected chi connectivity index (χ0v) is 11.8. The maximum Gasteiger partial charge on any atom is 0.271 e. The minimum absolute atomic E-state index is 0.00772. The molecular weight excluding hydrogens is 258 g/mol. The summed E-state index contributed by atoms with van der Waals surface area (Å²) in [6, 6.07) is 4.51. The van der Waals surface area contributed by atoms with Crippen LogP contribution < -0.4 is 5.32 Å². The maximum absolute atomic E-state index is 12.2. The number of aryl methyl sites for hydroxylation is 1. The third kappa shape index (κ3) is 3.33. The molecule has 0 saturated carbocycles. The number of nitrogens with zero attached hydrogens (tertiary/aromatic N) is 2. The van der Waals surface area contributed by atoms with Crippen molar-refractivity contribution in [2.24, 2.45) is 5.92 Å². The van der Waals surface area contributed by atoms with Crippen molar-refractivity contribution in [1.29, 1.82) is 0 Å². The third-order valence-electron chi connectivity index (χ3n) is 3.69. The number of non-ortho nitro benzene ring substituents is 1. The third-order valence-corrected chi connectivity index (χ3v) is 3.69. The topological polar surface area (TPSA) is 75.5 Å². The van der Waals surface area contributed by atoms with E-state index in [1.807, 2.05) is 14.0 Å². The van der Waals surface area contributed by atoms with Crippen molar-refractivity contribution in [3.8, 4) is 0 Å². The Labute approximate surface area is 117 Å². The molecule has 1 aliphatic rings. The van der Waals surface area contributed by atoms with E-state index in [4.69, 9.17) is 0 Å². The molecule has 1 aromatic rings. The Morgan fingerprint density at radius 3 is 2.90 bits per heavy atom. The van der Waals surface area contributed by atoms with Crippen LogP contribution in [0.2, 0.25) is 0 Å². The number of hydrogen-bond acceptors (Lipinski definition) is 4. The number of rotatable bonds is 3. The average molecular weight is 277 g/mol. The molecule has 20 heavy (non-hydrogen) atoms. The summed E-state index contributed by atoms with van der Waals surface area (Å²) >= 11 is 0. The monoisotopic (exact) mass is 277 g/mol. The van der Waals surface area contributed by atoms with Crippen LogP contribution in [-0.4, -0.2) is 35.9 Å². The molecule has 0 aliphatic carbocycles. The van der Waals surface area contributed by atoms with Crippen LogP contribution in [0.1, 0.15) is 18.4 Å². The van der Waals surface area contributed by atoms with Gasteiger partial charge in [-0.05, 0) is 38.9 Å². The minimum Gasteiger partial charge on any atom is -0.325 e. The van der Waals surface area contributed by atoms with Crippen LogP contribution in [0.25, 0.3) is 0 Å². The zero-order chi connectivity index (χ0) is 14.7. The van der Waals surface area contributed by atoms with Gasteiger partial charge in [0.05, 0.1) is 16.5 Å². The number of benzene rings is 1. The summed E-state index contributed by atoms with van der Waals surface area (Å²) < 4.78 is 0. The zero-order valence-electron chi connectivity index (χ0n) is 11.8. The Balaban J connectivity index is 2.10. The highest BCUT2D eigenvalue weighted by molar-refractivity contribution is 5.93. The van der Waals surface area contributed by atoms with Crippen molar-refractivity contribution in [2.75, 3.05) is 25.5 Å². The number of carbonyl (C=O) groups is 1. The Bertz CT molecular complexity index is 530. The van der Waals surface area contributed by atoms with E-state index in [1.54, 1.807) is 6.07 Å². The number of nitro groups is 1. The largest absolute Gasteiger partial charge is 0.325 e. The van der Waals surface area contributed by atoms with Crippen LogP contribution >= 0.6 is 0 Å². The first-order chi connectivity index (χ1) is 9.47. The van der Waals surface area contributed by atoms with Crippen molar-refractivity contribution in [2.45, 2.75) is 19.8 Å². The van der Waals surface area contributed by atoms with Crippen LogP contribution in [0.3, 0.4) is 0 Å². The van der Waals surface area contributed by atoms with Crippen LogP contribution in [0.15, 0.2) is 18.2 Å². The van der Waals surface area contributed by atoms with Crippen molar-refractivity contribution < 1.29 is 9.72 Å². The lowest BCUT2D eigenvalue weighted by Crippen LogP contribution is -2.38. The van der Waals surface area contributed by atoms with Crippen molar-refractivity contribution in [3.05, 3.63) is 33.9 Å². The van der Waals surface area contributed by atoms with Crippen LogP contribution in [0.5, 0.6) is 0 Å². The summed E-state index contributed by atoms with van der Waals surface area (Å²) in [5, 5.41) is 13.6. The maximum atomic E-state index is 12.2. The summed E-state index contributed by atoms with van der Waals surface area (Å²) in [4.78, 5) is 24.7. The van der Waals surface area contributed by atoms with Gasteiger partial charge in [0, 0.05) is 18.7 Å². The number of piperidine rings is 1. The number of likely N-dealkylation sites (tertiary alicyclic amines) is 1. The molecule has 1 amide bonds. The van der Waals surface area contributed by atoms with E-state index >= 15 is 0 Å². The van der Waals surface area contributed by atoms with E-state index in [0.717, 1.165) is 31.5 Å². The molecule has 1 heterocycles. The lowest BCUT2D eigenvalue weighted by molar-refractivity contribution is -0.384. The van der Waals surface area contributed by atoms with Gasteiger partial charge < -0.3 is 10.2 Å². The van der Waals surface area contributed by atoms with Gasteiger partial charge in [-0.2, -0.15) is 0 Å². The molecule has 0 radical (unpaired) electrons. The van der Waals surface area contributed by atoms with Gasteiger partial charge in [0.25, 0.3) is 5.69 Å². The lowest BCUT2D eigenvalue weighted by Gasteiger charge is -2.28. The summed E-state index contributed by atoms with van der Waals surface area (Å²) in [6.07, 6.45) is 1.87. The number of hydrogen-bond donors (Lipinski definition) is 1. The predicted molar refractivity (Wildman–Crippen MR) is 76.7 cm³/mol. The van der Waals surface area contributed by atoms with Gasteiger partial charge in [-0.3, -0.25) is 14.9 Å². The summed E-state index contributed by atoms with van der Waals surface area (Å²) in [5.74, 6) is -0.104. The van der Waals surface area contributed by atoms with Gasteiger partial charge in [-0.1, -0.05) is 6.07 Å². The van der Waals surface area contributed by atoms with Crippen LogP contribution in [0, 0.1) is 23.0 Å². The quantitative estimate of drug-likeness (QED) is 0.678. The Morgan fingerprint density at radius 1 is 1.50 bits per heavy atom. The second-order valence-electron chi connectivity index (χ2n) is 5.35. The van der Waals surface area contributed by atoms with Crippen LogP contribution in [0.4, 0.5) is 11.4 Å². The molecule has 6 nitrogen and oxygen atoms in total. The van der Waals surface area contributed by atoms with Gasteiger partial charge in [0.15, 0.2) is 0 Å². The van der Waals surface area contributed by atoms with Crippen molar-refractivity contribution in [3.63, 3.8) is 0 Å². The first-order valence-corrected chi connectivity index (χ1v) is 6.72. The summed E-state index contributed by atoms with van der Waals surface area (Å²) in [5.41, 5.74) is 1.34. The fourth-order valence-corrected chi connectivity index (χ4v) is 2.47. The molecule has 6 heteroatoms. The summed E-state index contributed by atoms with van der Waals surface area (Å²) in [7, 11) is 2.00. The van der Waals surface area contributed by atoms with Crippen LogP contribution in [-0.2, 0) is 4.79 Å². The van der Waals surface area contributed by atoms with E-state index in [9.17, 15) is 14.9 Å². The lowest BCUT2D eigenvalue weighted by atomic mass is 9.97. The first kappa shape index (κ1) is 14.5. The molecule has 108 valence electrons. The second-order valence-corrected chi connectivity index (χ2v) is 5.35. The molecule has 2 rings (SSSR count). The highest BCUT2D eigenvalue weighted by Gasteiger charge is 2.24. The van der Waals surface area contributed by atoms with Crippen molar-refractivity contribution >= 4 is 17.3 Å². The van der Waals surface area contributed by atoms with E-state index in [0.29, 0.717) is 5.69 Å². The predicted octanol–water partition coefficient (Wildman–Crippen LogP) is 2.18. The van der Waals surface area contributed by atoms with Gasteiger partial charge in [0.1, 0.15) is 0 Å². The number of nitro benzene ring substituents is 1. The molecule has 1 unspecified atom stereocenters. The first-order valence-electron chi connectivity index (χ1n) is 6.72. The second kappa shape index (κ2) is 6.00. The fourth-order valence-electron chi connectivity index (χ4n) is 2.47.